The molecule has 0 N–H and O–H groups in total. The van der Waals surface area contributed by atoms with Crippen molar-refractivity contribution in [3.05, 3.63) is 57.3 Å². The molecule has 26 heavy (non-hydrogen) atoms. The number of methoxy groups -OCH3 is 1. The molecule has 0 aliphatic rings. The molecule has 2 heterocycles. The average Bonchev–Trinajstić information content (AvgIpc) is 3.24. The SMILES string of the molecule is COCCn1c(=NC(=O)c2ccc3ncsc3c2)sc2cccc(Cl)c21. The monoisotopic (exact) mass is 403 g/mol. The number of nitrogens with zero attached hydrogens (tertiary/aromatic N) is 3. The second-order valence-corrected chi connectivity index (χ2v) is 7.87. The maximum absolute atomic E-state index is 12.7. The van der Waals surface area contributed by atoms with Crippen LogP contribution in [0.2, 0.25) is 5.02 Å². The maximum Gasteiger partial charge on any atom is 0.279 e. The Hall–Kier alpha value is -2.06. The third kappa shape index (κ3) is 3.19. The average molecular weight is 404 g/mol. The first kappa shape index (κ1) is 17.4. The first-order chi connectivity index (χ1) is 12.7. The van der Waals surface area contributed by atoms with E-state index in [1.165, 1.54) is 22.7 Å². The fraction of sp³-hybridized carbons (Fsp3) is 0.167. The fourth-order valence-corrected chi connectivity index (χ4v) is 4.83. The predicted molar refractivity (Wildman–Crippen MR) is 106 cm³/mol. The van der Waals surface area contributed by atoms with E-state index in [0.717, 1.165) is 20.4 Å². The zero-order valence-corrected chi connectivity index (χ0v) is 16.2. The molecule has 5 nitrogen and oxygen atoms in total. The number of hydrogen-bond donors (Lipinski definition) is 0. The summed E-state index contributed by atoms with van der Waals surface area (Å²) in [5, 5.41) is 0.634. The Morgan fingerprint density at radius 3 is 3.04 bits per heavy atom. The number of thiazole rings is 2. The second-order valence-electron chi connectivity index (χ2n) is 5.57. The van der Waals surface area contributed by atoms with Crippen LogP contribution in [0.5, 0.6) is 0 Å². The molecule has 0 atom stereocenters. The Balaban J connectivity index is 1.83. The van der Waals surface area contributed by atoms with Crippen LogP contribution < -0.4 is 4.80 Å². The van der Waals surface area contributed by atoms with Gasteiger partial charge in [-0.1, -0.05) is 29.0 Å². The van der Waals surface area contributed by atoms with Gasteiger partial charge in [0.15, 0.2) is 4.80 Å². The van der Waals surface area contributed by atoms with Crippen molar-refractivity contribution in [1.82, 2.24) is 9.55 Å². The molecule has 0 spiro atoms. The Bertz CT molecular complexity index is 1180. The Morgan fingerprint density at radius 2 is 2.19 bits per heavy atom. The zero-order chi connectivity index (χ0) is 18.1. The summed E-state index contributed by atoms with van der Waals surface area (Å²) < 4.78 is 9.09. The lowest BCUT2D eigenvalue weighted by atomic mass is 10.2. The van der Waals surface area contributed by atoms with E-state index in [4.69, 9.17) is 16.3 Å². The van der Waals surface area contributed by atoms with E-state index in [2.05, 4.69) is 9.98 Å². The summed E-state index contributed by atoms with van der Waals surface area (Å²) in [6.07, 6.45) is 0. The number of para-hydroxylation sites is 1. The lowest BCUT2D eigenvalue weighted by Crippen LogP contribution is -2.19. The molecular formula is C18H14ClN3O2S2. The number of hydrogen-bond acceptors (Lipinski definition) is 5. The summed E-state index contributed by atoms with van der Waals surface area (Å²) in [7, 11) is 1.64. The standard InChI is InChI=1S/C18H14ClN3O2S2/c1-24-8-7-22-16-12(19)3-2-4-14(16)26-18(22)21-17(23)11-5-6-13-15(9-11)25-10-20-13/h2-6,9-10H,7-8H2,1H3. The lowest BCUT2D eigenvalue weighted by molar-refractivity contribution is 0.0997. The molecule has 0 radical (unpaired) electrons. The van der Waals surface area contributed by atoms with Gasteiger partial charge in [-0.2, -0.15) is 4.99 Å². The van der Waals surface area contributed by atoms with Gasteiger partial charge in [0.2, 0.25) is 0 Å². The maximum atomic E-state index is 12.7. The molecule has 0 fully saturated rings. The van der Waals surface area contributed by atoms with E-state index in [9.17, 15) is 4.79 Å². The normalized spacial score (nSPS) is 12.3. The third-order valence-electron chi connectivity index (χ3n) is 3.95. The molecule has 0 unspecified atom stereocenters. The van der Waals surface area contributed by atoms with Crippen molar-refractivity contribution in [2.45, 2.75) is 6.54 Å². The van der Waals surface area contributed by atoms with E-state index in [0.29, 0.717) is 28.5 Å². The summed E-state index contributed by atoms with van der Waals surface area (Å²) >= 11 is 9.32. The minimum absolute atomic E-state index is 0.283. The van der Waals surface area contributed by atoms with Crippen LogP contribution in [0.15, 0.2) is 46.9 Å². The topological polar surface area (TPSA) is 56.5 Å². The summed E-state index contributed by atoms with van der Waals surface area (Å²) in [6, 6.07) is 11.1. The number of rotatable bonds is 4. The number of carbonyl (C=O) groups excluding carboxylic acids is 1. The third-order valence-corrected chi connectivity index (χ3v) is 6.09. The first-order valence-electron chi connectivity index (χ1n) is 7.86. The second kappa shape index (κ2) is 7.28. The van der Waals surface area contributed by atoms with Crippen molar-refractivity contribution in [2.75, 3.05) is 13.7 Å². The molecule has 1 amide bonds. The smallest absolute Gasteiger partial charge is 0.279 e. The number of benzene rings is 2. The molecule has 8 heteroatoms. The van der Waals surface area contributed by atoms with Crippen molar-refractivity contribution in [3.8, 4) is 0 Å². The van der Waals surface area contributed by atoms with Crippen LogP contribution in [0, 0.1) is 0 Å². The van der Waals surface area contributed by atoms with E-state index in [1.807, 2.05) is 34.9 Å². The summed E-state index contributed by atoms with van der Waals surface area (Å²) in [6.45, 7) is 1.07. The van der Waals surface area contributed by atoms with Crippen molar-refractivity contribution < 1.29 is 9.53 Å². The highest BCUT2D eigenvalue weighted by atomic mass is 35.5. The number of ether oxygens (including phenoxy) is 1. The van der Waals surface area contributed by atoms with Crippen LogP contribution in [0.4, 0.5) is 0 Å². The summed E-state index contributed by atoms with van der Waals surface area (Å²) in [4.78, 5) is 21.9. The van der Waals surface area contributed by atoms with E-state index >= 15 is 0 Å². The number of carbonyl (C=O) groups is 1. The van der Waals surface area contributed by atoms with E-state index in [-0.39, 0.29) is 5.91 Å². The predicted octanol–water partition coefficient (Wildman–Crippen LogP) is 4.35. The van der Waals surface area contributed by atoms with Crippen molar-refractivity contribution in [3.63, 3.8) is 0 Å². The first-order valence-corrected chi connectivity index (χ1v) is 9.94. The minimum Gasteiger partial charge on any atom is -0.383 e. The Morgan fingerprint density at radius 1 is 1.31 bits per heavy atom. The molecule has 0 saturated carbocycles. The van der Waals surface area contributed by atoms with Gasteiger partial charge in [0.05, 0.1) is 37.6 Å². The van der Waals surface area contributed by atoms with Crippen LogP contribution in [0.1, 0.15) is 10.4 Å². The molecule has 4 rings (SSSR count). The van der Waals surface area contributed by atoms with Gasteiger partial charge in [-0.05, 0) is 30.3 Å². The van der Waals surface area contributed by atoms with Gasteiger partial charge in [-0.15, -0.1) is 11.3 Å². The molecule has 0 aliphatic heterocycles. The number of aromatic nitrogens is 2. The highest BCUT2D eigenvalue weighted by Crippen LogP contribution is 2.25. The zero-order valence-electron chi connectivity index (χ0n) is 13.8. The van der Waals surface area contributed by atoms with Crippen molar-refractivity contribution in [2.24, 2.45) is 4.99 Å². The fourth-order valence-electron chi connectivity index (χ4n) is 2.70. The number of amides is 1. The van der Waals surface area contributed by atoms with Gasteiger partial charge in [0, 0.05) is 19.2 Å². The van der Waals surface area contributed by atoms with Gasteiger partial charge in [-0.3, -0.25) is 4.79 Å². The largest absolute Gasteiger partial charge is 0.383 e. The minimum atomic E-state index is -0.283. The Kier molecular flexibility index (Phi) is 4.86. The van der Waals surface area contributed by atoms with Gasteiger partial charge in [-0.25, -0.2) is 4.98 Å². The molecule has 0 bridgehead atoms. The lowest BCUT2D eigenvalue weighted by Gasteiger charge is -2.05. The summed E-state index contributed by atoms with van der Waals surface area (Å²) in [5.74, 6) is -0.283. The number of halogens is 1. The van der Waals surface area contributed by atoms with Gasteiger partial charge >= 0.3 is 0 Å². The molecule has 0 saturated heterocycles. The van der Waals surface area contributed by atoms with Crippen LogP contribution in [0.3, 0.4) is 0 Å². The molecule has 2 aromatic carbocycles. The van der Waals surface area contributed by atoms with Gasteiger partial charge in [0.25, 0.3) is 5.91 Å². The molecule has 0 aliphatic carbocycles. The van der Waals surface area contributed by atoms with Gasteiger partial charge in [0.1, 0.15) is 0 Å². The highest BCUT2D eigenvalue weighted by Gasteiger charge is 2.12. The molecule has 4 aromatic rings. The number of fused-ring (bicyclic) bond motifs is 2. The van der Waals surface area contributed by atoms with Gasteiger partial charge < -0.3 is 9.30 Å². The quantitative estimate of drug-likeness (QED) is 0.509. The van der Waals surface area contributed by atoms with Crippen molar-refractivity contribution >= 4 is 60.6 Å². The molecule has 132 valence electrons. The Labute approximate surface area is 162 Å². The highest BCUT2D eigenvalue weighted by molar-refractivity contribution is 7.17. The van der Waals surface area contributed by atoms with E-state index in [1.54, 1.807) is 18.7 Å². The van der Waals surface area contributed by atoms with Crippen LogP contribution in [-0.2, 0) is 11.3 Å². The summed E-state index contributed by atoms with van der Waals surface area (Å²) in [5.41, 5.74) is 4.07. The van der Waals surface area contributed by atoms with Crippen molar-refractivity contribution in [1.29, 1.82) is 0 Å². The van der Waals surface area contributed by atoms with Crippen LogP contribution >= 0.6 is 34.3 Å². The van der Waals surface area contributed by atoms with Crippen LogP contribution in [-0.4, -0.2) is 29.2 Å². The van der Waals surface area contributed by atoms with E-state index < -0.39 is 0 Å². The molecular weight excluding hydrogens is 390 g/mol. The van der Waals surface area contributed by atoms with Crippen LogP contribution in [0.25, 0.3) is 20.4 Å². The molecule has 2 aromatic heterocycles.